The van der Waals surface area contributed by atoms with Crippen LogP contribution in [-0.4, -0.2) is 52.8 Å². The van der Waals surface area contributed by atoms with Gasteiger partial charge in [-0.05, 0) is 39.8 Å². The second kappa shape index (κ2) is 6.97. The average Bonchev–Trinajstić information content (AvgIpc) is 2.90. The van der Waals surface area contributed by atoms with Gasteiger partial charge in [0.25, 0.3) is 11.8 Å². The van der Waals surface area contributed by atoms with E-state index in [2.05, 4.69) is 4.98 Å². The molecule has 0 unspecified atom stereocenters. The van der Waals surface area contributed by atoms with Crippen LogP contribution < -0.4 is 0 Å². The number of amides is 2. The lowest BCUT2D eigenvalue weighted by Crippen LogP contribution is -2.32. The fourth-order valence-corrected chi connectivity index (χ4v) is 2.01. The predicted octanol–water partition coefficient (Wildman–Crippen LogP) is 1.98. The van der Waals surface area contributed by atoms with Crippen LogP contribution in [0.5, 0.6) is 0 Å². The van der Waals surface area contributed by atoms with Gasteiger partial charge in [0.1, 0.15) is 11.4 Å². The highest BCUT2D eigenvalue weighted by atomic mass is 16.2. The minimum Gasteiger partial charge on any atom is -0.347 e. The Morgan fingerprint density at radius 3 is 1.42 bits per heavy atom. The maximum atomic E-state index is 12.1. The third kappa shape index (κ3) is 3.36. The van der Waals surface area contributed by atoms with E-state index >= 15 is 0 Å². The molecule has 0 atom stereocenters. The van der Waals surface area contributed by atoms with Crippen LogP contribution in [0.4, 0.5) is 0 Å². The van der Waals surface area contributed by atoms with Crippen LogP contribution in [-0.2, 0) is 0 Å². The Labute approximate surface area is 114 Å². The molecule has 2 amide bonds. The molecule has 0 aromatic carbocycles. The van der Waals surface area contributed by atoms with Crippen molar-refractivity contribution in [3.8, 4) is 0 Å². The van der Waals surface area contributed by atoms with Gasteiger partial charge in [-0.2, -0.15) is 0 Å². The Kier molecular flexibility index (Phi) is 5.60. The molecule has 0 bridgehead atoms. The summed E-state index contributed by atoms with van der Waals surface area (Å²) in [5, 5.41) is 0. The van der Waals surface area contributed by atoms with Crippen molar-refractivity contribution in [2.24, 2.45) is 0 Å². The van der Waals surface area contributed by atoms with E-state index < -0.39 is 0 Å². The SMILES string of the molecule is CCN(CC)C(=O)c1ccc(C(=O)N(CC)CC)[nH]1. The minimum absolute atomic E-state index is 0.0661. The van der Waals surface area contributed by atoms with Crippen LogP contribution in [0.2, 0.25) is 0 Å². The van der Waals surface area contributed by atoms with Crippen LogP contribution in [0.1, 0.15) is 48.7 Å². The zero-order valence-electron chi connectivity index (χ0n) is 12.2. The van der Waals surface area contributed by atoms with Gasteiger partial charge in [0.05, 0.1) is 0 Å². The molecule has 0 spiro atoms. The maximum absolute atomic E-state index is 12.1. The number of aromatic amines is 1. The molecule has 0 saturated carbocycles. The summed E-state index contributed by atoms with van der Waals surface area (Å²) >= 11 is 0. The summed E-state index contributed by atoms with van der Waals surface area (Å²) in [6, 6.07) is 3.36. The van der Waals surface area contributed by atoms with E-state index in [1.807, 2.05) is 27.7 Å². The molecule has 1 aromatic rings. The van der Waals surface area contributed by atoms with Crippen LogP contribution in [0.15, 0.2) is 12.1 Å². The molecular weight excluding hydrogens is 242 g/mol. The summed E-state index contributed by atoms with van der Waals surface area (Å²) in [7, 11) is 0. The van der Waals surface area contributed by atoms with E-state index in [4.69, 9.17) is 0 Å². The molecule has 106 valence electrons. The van der Waals surface area contributed by atoms with Crippen molar-refractivity contribution in [2.45, 2.75) is 27.7 Å². The van der Waals surface area contributed by atoms with Crippen molar-refractivity contribution < 1.29 is 9.59 Å². The number of aromatic nitrogens is 1. The first kappa shape index (κ1) is 15.3. The van der Waals surface area contributed by atoms with Crippen LogP contribution >= 0.6 is 0 Å². The summed E-state index contributed by atoms with van der Waals surface area (Å²) in [6.45, 7) is 10.4. The predicted molar refractivity (Wildman–Crippen MR) is 75.3 cm³/mol. The van der Waals surface area contributed by atoms with Crippen molar-refractivity contribution in [3.63, 3.8) is 0 Å². The van der Waals surface area contributed by atoms with Gasteiger partial charge in [-0.3, -0.25) is 9.59 Å². The topological polar surface area (TPSA) is 56.4 Å². The molecule has 5 nitrogen and oxygen atoms in total. The van der Waals surface area contributed by atoms with Crippen LogP contribution in [0, 0.1) is 0 Å². The lowest BCUT2D eigenvalue weighted by molar-refractivity contribution is 0.0764. The first-order chi connectivity index (χ1) is 9.08. The smallest absolute Gasteiger partial charge is 0.270 e. The Balaban J connectivity index is 2.88. The number of rotatable bonds is 6. The summed E-state index contributed by atoms with van der Waals surface area (Å²) in [5.74, 6) is -0.132. The summed E-state index contributed by atoms with van der Waals surface area (Å²) in [5.41, 5.74) is 0.943. The van der Waals surface area contributed by atoms with E-state index in [9.17, 15) is 9.59 Å². The van der Waals surface area contributed by atoms with Crippen molar-refractivity contribution in [1.29, 1.82) is 0 Å². The Hall–Kier alpha value is -1.78. The molecule has 0 aliphatic heterocycles. The molecule has 1 heterocycles. The van der Waals surface area contributed by atoms with E-state index in [0.717, 1.165) is 0 Å². The number of nitrogens with one attached hydrogen (secondary N) is 1. The zero-order valence-corrected chi connectivity index (χ0v) is 12.2. The summed E-state index contributed by atoms with van der Waals surface area (Å²) in [6.07, 6.45) is 0. The largest absolute Gasteiger partial charge is 0.347 e. The maximum Gasteiger partial charge on any atom is 0.270 e. The molecule has 0 fully saturated rings. The van der Waals surface area contributed by atoms with Crippen molar-refractivity contribution >= 4 is 11.8 Å². The van der Waals surface area contributed by atoms with Crippen LogP contribution in [0.25, 0.3) is 0 Å². The molecule has 5 heteroatoms. The number of carbonyl (C=O) groups is 2. The highest BCUT2D eigenvalue weighted by Gasteiger charge is 2.18. The van der Waals surface area contributed by atoms with E-state index in [1.54, 1.807) is 21.9 Å². The standard InChI is InChI=1S/C14H23N3O2/c1-5-16(6-2)13(18)11-9-10-12(15-11)14(19)17(7-3)8-4/h9-10,15H,5-8H2,1-4H3. The van der Waals surface area contributed by atoms with Gasteiger partial charge < -0.3 is 14.8 Å². The zero-order chi connectivity index (χ0) is 14.4. The quantitative estimate of drug-likeness (QED) is 0.855. The van der Waals surface area contributed by atoms with E-state index in [0.29, 0.717) is 37.6 Å². The molecule has 0 aliphatic carbocycles. The highest BCUT2D eigenvalue weighted by molar-refractivity contribution is 5.97. The molecule has 0 radical (unpaired) electrons. The van der Waals surface area contributed by atoms with E-state index in [-0.39, 0.29) is 11.8 Å². The lowest BCUT2D eigenvalue weighted by atomic mass is 10.3. The summed E-state index contributed by atoms with van der Waals surface area (Å²) < 4.78 is 0. The third-order valence-electron chi connectivity index (χ3n) is 3.25. The molecule has 1 N–H and O–H groups in total. The minimum atomic E-state index is -0.0661. The van der Waals surface area contributed by atoms with Gasteiger partial charge in [0.15, 0.2) is 0 Å². The van der Waals surface area contributed by atoms with Gasteiger partial charge in [0, 0.05) is 26.2 Å². The molecule has 1 aromatic heterocycles. The van der Waals surface area contributed by atoms with Gasteiger partial charge >= 0.3 is 0 Å². The Morgan fingerprint density at radius 2 is 1.16 bits per heavy atom. The second-order valence-electron chi connectivity index (χ2n) is 4.24. The Morgan fingerprint density at radius 1 is 0.842 bits per heavy atom. The number of nitrogens with zero attached hydrogens (tertiary/aromatic N) is 2. The molecule has 0 saturated heterocycles. The number of carbonyl (C=O) groups excluding carboxylic acids is 2. The number of hydrogen-bond acceptors (Lipinski definition) is 2. The molecule has 19 heavy (non-hydrogen) atoms. The fourth-order valence-electron chi connectivity index (χ4n) is 2.01. The monoisotopic (exact) mass is 265 g/mol. The summed E-state index contributed by atoms with van der Waals surface area (Å²) in [4.78, 5) is 30.6. The second-order valence-corrected chi connectivity index (χ2v) is 4.24. The van der Waals surface area contributed by atoms with Crippen molar-refractivity contribution in [2.75, 3.05) is 26.2 Å². The third-order valence-corrected chi connectivity index (χ3v) is 3.25. The fraction of sp³-hybridized carbons (Fsp3) is 0.571. The van der Waals surface area contributed by atoms with E-state index in [1.165, 1.54) is 0 Å². The number of H-pyrrole nitrogens is 1. The van der Waals surface area contributed by atoms with Crippen molar-refractivity contribution in [1.82, 2.24) is 14.8 Å². The first-order valence-electron chi connectivity index (χ1n) is 6.86. The molecular formula is C14H23N3O2. The molecule has 1 rings (SSSR count). The normalized spacial score (nSPS) is 10.3. The lowest BCUT2D eigenvalue weighted by Gasteiger charge is -2.18. The van der Waals surface area contributed by atoms with Gasteiger partial charge in [-0.25, -0.2) is 0 Å². The van der Waals surface area contributed by atoms with Gasteiger partial charge in [-0.1, -0.05) is 0 Å². The van der Waals surface area contributed by atoms with Crippen LogP contribution in [0.3, 0.4) is 0 Å². The number of hydrogen-bond donors (Lipinski definition) is 1. The highest BCUT2D eigenvalue weighted by Crippen LogP contribution is 2.08. The van der Waals surface area contributed by atoms with Crippen molar-refractivity contribution in [3.05, 3.63) is 23.5 Å². The Bertz CT molecular complexity index is 393. The first-order valence-corrected chi connectivity index (χ1v) is 6.86. The van der Waals surface area contributed by atoms with Gasteiger partial charge in [0.2, 0.25) is 0 Å². The van der Waals surface area contributed by atoms with Gasteiger partial charge in [-0.15, -0.1) is 0 Å². The molecule has 0 aliphatic rings. The average molecular weight is 265 g/mol.